The molecule has 1 N–H and O–H groups in total. The maximum atomic E-state index is 14.3. The van der Waals surface area contributed by atoms with Crippen LogP contribution in [-0.4, -0.2) is 34.1 Å². The topological polar surface area (TPSA) is 97.8 Å². The van der Waals surface area contributed by atoms with Crippen LogP contribution in [0.1, 0.15) is 18.1 Å². The van der Waals surface area contributed by atoms with E-state index in [0.29, 0.717) is 39.7 Å². The molecule has 0 saturated carbocycles. The lowest BCUT2D eigenvalue weighted by molar-refractivity contribution is 0.477. The number of pyridine rings is 2. The predicted octanol–water partition coefficient (Wildman–Crippen LogP) is 5.34. The fourth-order valence-electron chi connectivity index (χ4n) is 3.70. The molecule has 35 heavy (non-hydrogen) atoms. The standard InChI is InChI=1S/C26H21FN4O3S/c1-2-35(32,33)20-10-8-19(9-11-20)34-24-16-23-22(30-26(31-23)21-7-3-4-12-28-21)15-18(24)14-17-6-5-13-29-25(17)27/h3-13,15-16H,2,14H2,1H3,(H,30,31). The fourth-order valence-corrected chi connectivity index (χ4v) is 4.59. The van der Waals surface area contributed by atoms with Crippen LogP contribution in [0.25, 0.3) is 22.6 Å². The lowest BCUT2D eigenvalue weighted by atomic mass is 10.0. The Labute approximate surface area is 201 Å². The molecule has 0 saturated heterocycles. The highest BCUT2D eigenvalue weighted by Crippen LogP contribution is 2.33. The normalized spacial score (nSPS) is 11.6. The molecule has 0 aliphatic heterocycles. The Morgan fingerprint density at radius 3 is 2.46 bits per heavy atom. The summed E-state index contributed by atoms with van der Waals surface area (Å²) < 4.78 is 44.7. The molecule has 0 aliphatic rings. The van der Waals surface area contributed by atoms with E-state index in [4.69, 9.17) is 4.74 Å². The fraction of sp³-hybridized carbons (Fsp3) is 0.115. The van der Waals surface area contributed by atoms with Crippen LogP contribution in [0.2, 0.25) is 0 Å². The number of hydrogen-bond acceptors (Lipinski definition) is 6. The van der Waals surface area contributed by atoms with Crippen molar-refractivity contribution < 1.29 is 17.5 Å². The molecule has 2 aromatic carbocycles. The van der Waals surface area contributed by atoms with E-state index in [9.17, 15) is 12.8 Å². The second-order valence-corrected chi connectivity index (χ2v) is 10.2. The minimum Gasteiger partial charge on any atom is -0.457 e. The largest absolute Gasteiger partial charge is 0.457 e. The van der Waals surface area contributed by atoms with Crippen LogP contribution in [0.15, 0.2) is 84.0 Å². The molecule has 3 heterocycles. The average molecular weight is 489 g/mol. The number of H-pyrrole nitrogens is 1. The summed E-state index contributed by atoms with van der Waals surface area (Å²) in [4.78, 5) is 16.2. The van der Waals surface area contributed by atoms with Crippen molar-refractivity contribution in [1.29, 1.82) is 0 Å². The monoisotopic (exact) mass is 488 g/mol. The van der Waals surface area contributed by atoms with Gasteiger partial charge in [0.1, 0.15) is 17.2 Å². The van der Waals surface area contributed by atoms with E-state index in [-0.39, 0.29) is 17.1 Å². The Balaban J connectivity index is 1.56. The highest BCUT2D eigenvalue weighted by Gasteiger charge is 2.16. The number of aromatic amines is 1. The molecule has 0 aliphatic carbocycles. The van der Waals surface area contributed by atoms with Crippen molar-refractivity contribution in [3.8, 4) is 23.0 Å². The first-order valence-electron chi connectivity index (χ1n) is 11.0. The van der Waals surface area contributed by atoms with Gasteiger partial charge in [-0.25, -0.2) is 18.4 Å². The molecular weight excluding hydrogens is 467 g/mol. The molecule has 3 aromatic heterocycles. The number of ether oxygens (including phenoxy) is 1. The van der Waals surface area contributed by atoms with Crippen molar-refractivity contribution in [2.75, 3.05) is 5.75 Å². The number of nitrogens with zero attached hydrogens (tertiary/aromatic N) is 3. The second kappa shape index (κ2) is 9.27. The van der Waals surface area contributed by atoms with Gasteiger partial charge >= 0.3 is 0 Å². The van der Waals surface area contributed by atoms with Gasteiger partial charge in [-0.05, 0) is 48.5 Å². The van der Waals surface area contributed by atoms with Crippen LogP contribution < -0.4 is 4.74 Å². The van der Waals surface area contributed by atoms with Gasteiger partial charge in [0.2, 0.25) is 5.95 Å². The molecule has 0 amide bonds. The van der Waals surface area contributed by atoms with E-state index in [1.807, 2.05) is 24.3 Å². The van der Waals surface area contributed by atoms with Crippen LogP contribution >= 0.6 is 0 Å². The zero-order valence-corrected chi connectivity index (χ0v) is 19.6. The zero-order valence-electron chi connectivity index (χ0n) is 18.8. The third-order valence-corrected chi connectivity index (χ3v) is 7.33. The number of sulfone groups is 1. The minimum absolute atomic E-state index is 0.0163. The van der Waals surface area contributed by atoms with Crippen LogP contribution in [-0.2, 0) is 16.3 Å². The lowest BCUT2D eigenvalue weighted by Gasteiger charge is -2.12. The van der Waals surface area contributed by atoms with Crippen molar-refractivity contribution in [3.05, 3.63) is 96.2 Å². The average Bonchev–Trinajstić information content (AvgIpc) is 3.29. The number of halogens is 1. The van der Waals surface area contributed by atoms with Crippen molar-refractivity contribution in [2.45, 2.75) is 18.2 Å². The lowest BCUT2D eigenvalue weighted by Crippen LogP contribution is -2.03. The van der Waals surface area contributed by atoms with Crippen molar-refractivity contribution in [3.63, 3.8) is 0 Å². The van der Waals surface area contributed by atoms with Crippen molar-refractivity contribution in [2.24, 2.45) is 0 Å². The Kier molecular flexibility index (Phi) is 6.00. The van der Waals surface area contributed by atoms with Gasteiger partial charge in [-0.2, -0.15) is 4.39 Å². The maximum Gasteiger partial charge on any atom is 0.216 e. The number of rotatable bonds is 7. The van der Waals surface area contributed by atoms with Gasteiger partial charge in [-0.3, -0.25) is 4.98 Å². The number of fused-ring (bicyclic) bond motifs is 1. The number of nitrogens with one attached hydrogen (secondary N) is 1. The minimum atomic E-state index is -3.32. The number of hydrogen-bond donors (Lipinski definition) is 1. The van der Waals surface area contributed by atoms with Crippen LogP contribution in [0.4, 0.5) is 4.39 Å². The third kappa shape index (κ3) is 4.76. The van der Waals surface area contributed by atoms with Gasteiger partial charge < -0.3 is 9.72 Å². The molecule has 5 rings (SSSR count). The van der Waals surface area contributed by atoms with E-state index >= 15 is 0 Å². The molecule has 0 bridgehead atoms. The first-order chi connectivity index (χ1) is 16.9. The highest BCUT2D eigenvalue weighted by atomic mass is 32.2. The molecule has 0 radical (unpaired) electrons. The summed E-state index contributed by atoms with van der Waals surface area (Å²) in [5.41, 5.74) is 3.23. The van der Waals surface area contributed by atoms with Gasteiger partial charge in [-0.1, -0.05) is 19.1 Å². The van der Waals surface area contributed by atoms with Crippen molar-refractivity contribution >= 4 is 20.9 Å². The summed E-state index contributed by atoms with van der Waals surface area (Å²) in [6.45, 7) is 1.60. The molecule has 0 atom stereocenters. The van der Waals surface area contributed by atoms with Crippen LogP contribution in [0.3, 0.4) is 0 Å². The maximum absolute atomic E-state index is 14.3. The number of imidazole rings is 1. The van der Waals surface area contributed by atoms with Gasteiger partial charge in [0.25, 0.3) is 0 Å². The molecule has 9 heteroatoms. The summed E-state index contributed by atoms with van der Waals surface area (Å²) in [6.07, 6.45) is 3.33. The van der Waals surface area contributed by atoms with E-state index in [1.165, 1.54) is 18.3 Å². The van der Waals surface area contributed by atoms with Gasteiger partial charge in [0, 0.05) is 36.0 Å². The van der Waals surface area contributed by atoms with Crippen LogP contribution in [0.5, 0.6) is 11.5 Å². The molecule has 176 valence electrons. The summed E-state index contributed by atoms with van der Waals surface area (Å²) >= 11 is 0. The van der Waals surface area contributed by atoms with Gasteiger partial charge in [0.15, 0.2) is 15.7 Å². The van der Waals surface area contributed by atoms with Gasteiger partial charge in [0.05, 0.1) is 21.7 Å². The third-order valence-electron chi connectivity index (χ3n) is 5.58. The molecule has 5 aromatic rings. The van der Waals surface area contributed by atoms with Gasteiger partial charge in [-0.15, -0.1) is 0 Å². The molecule has 0 spiro atoms. The quantitative estimate of drug-likeness (QED) is 0.311. The molecule has 0 fully saturated rings. The molecule has 0 unspecified atom stereocenters. The summed E-state index contributed by atoms with van der Waals surface area (Å²) in [6, 6.07) is 18.8. The van der Waals surface area contributed by atoms with E-state index in [0.717, 1.165) is 5.52 Å². The number of benzene rings is 2. The first kappa shape index (κ1) is 22.7. The summed E-state index contributed by atoms with van der Waals surface area (Å²) in [5.74, 6) is 0.998. The summed E-state index contributed by atoms with van der Waals surface area (Å²) in [7, 11) is -3.32. The van der Waals surface area contributed by atoms with E-state index in [1.54, 1.807) is 43.5 Å². The Hall–Kier alpha value is -4.11. The first-order valence-corrected chi connectivity index (χ1v) is 12.6. The van der Waals surface area contributed by atoms with Crippen LogP contribution in [0, 0.1) is 5.95 Å². The highest BCUT2D eigenvalue weighted by molar-refractivity contribution is 7.91. The summed E-state index contributed by atoms with van der Waals surface area (Å²) in [5, 5.41) is 0. The Morgan fingerprint density at radius 2 is 1.74 bits per heavy atom. The zero-order chi connectivity index (χ0) is 24.4. The Morgan fingerprint density at radius 1 is 0.943 bits per heavy atom. The van der Waals surface area contributed by atoms with E-state index in [2.05, 4.69) is 19.9 Å². The van der Waals surface area contributed by atoms with Crippen molar-refractivity contribution in [1.82, 2.24) is 19.9 Å². The number of aromatic nitrogens is 4. The SMILES string of the molecule is CCS(=O)(=O)c1ccc(Oc2cc3nc(-c4ccccn4)[nH]c3cc2Cc2cccnc2F)cc1. The smallest absolute Gasteiger partial charge is 0.216 e. The molecular formula is C26H21FN4O3S. The van der Waals surface area contributed by atoms with E-state index < -0.39 is 15.8 Å². The Bertz CT molecular complexity index is 1600. The second-order valence-electron chi connectivity index (χ2n) is 7.88. The molecule has 7 nitrogen and oxygen atoms in total. The predicted molar refractivity (Wildman–Crippen MR) is 131 cm³/mol.